The van der Waals surface area contributed by atoms with Gasteiger partial charge >= 0.3 is 0 Å². The Morgan fingerprint density at radius 3 is 2.74 bits per heavy atom. The highest BCUT2D eigenvalue weighted by Crippen LogP contribution is 2.29. The van der Waals surface area contributed by atoms with Crippen molar-refractivity contribution >= 4 is 39.7 Å². The molecule has 0 amide bonds. The first-order valence-corrected chi connectivity index (χ1v) is 11.3. The van der Waals surface area contributed by atoms with Crippen molar-refractivity contribution in [3.05, 3.63) is 30.1 Å². The van der Waals surface area contributed by atoms with Crippen LogP contribution in [0.3, 0.4) is 0 Å². The molecule has 0 aliphatic carbocycles. The smallest absolute Gasteiger partial charge is 0.152 e. The summed E-state index contributed by atoms with van der Waals surface area (Å²) in [4.78, 5) is 9.51. The van der Waals surface area contributed by atoms with Crippen LogP contribution in [0.25, 0.3) is 21.9 Å². The summed E-state index contributed by atoms with van der Waals surface area (Å²) in [5.41, 5.74) is 9.24. The van der Waals surface area contributed by atoms with E-state index in [1.54, 1.807) is 11.9 Å². The van der Waals surface area contributed by atoms with Crippen molar-refractivity contribution in [3.8, 4) is 0 Å². The van der Waals surface area contributed by atoms with E-state index in [1.165, 1.54) is 25.7 Å². The van der Waals surface area contributed by atoms with Gasteiger partial charge in [0.15, 0.2) is 5.82 Å². The van der Waals surface area contributed by atoms with Gasteiger partial charge < -0.3 is 10.3 Å². The van der Waals surface area contributed by atoms with Crippen LogP contribution in [0.4, 0.5) is 5.82 Å². The fraction of sp³-hybridized carbons (Fsp3) is 0.524. The fourth-order valence-electron chi connectivity index (χ4n) is 3.62. The molecule has 3 rings (SSSR count). The molecule has 1 aromatic carbocycles. The summed E-state index contributed by atoms with van der Waals surface area (Å²) in [6.45, 7) is 4.25. The first kappa shape index (κ1) is 20.0. The maximum Gasteiger partial charge on any atom is 0.152 e. The van der Waals surface area contributed by atoms with Gasteiger partial charge in [0, 0.05) is 24.9 Å². The molecule has 0 radical (unpaired) electrons. The Hall–Kier alpha value is -1.79. The predicted molar refractivity (Wildman–Crippen MR) is 118 cm³/mol. The number of imidazole rings is 1. The summed E-state index contributed by atoms with van der Waals surface area (Å²) in [5.74, 6) is 1.70. The van der Waals surface area contributed by atoms with E-state index in [1.807, 2.05) is 12.1 Å². The number of para-hydroxylation sites is 1. The van der Waals surface area contributed by atoms with Crippen LogP contribution >= 0.6 is 11.9 Å². The van der Waals surface area contributed by atoms with Gasteiger partial charge in [0.25, 0.3) is 0 Å². The Morgan fingerprint density at radius 1 is 1.07 bits per heavy atom. The normalized spacial score (nSPS) is 11.6. The lowest BCUT2D eigenvalue weighted by molar-refractivity contribution is 0.578. The molecular weight excluding hydrogens is 354 g/mol. The lowest BCUT2D eigenvalue weighted by atomic mass is 10.1. The van der Waals surface area contributed by atoms with E-state index in [2.05, 4.69) is 39.6 Å². The monoisotopic (exact) mass is 385 g/mol. The van der Waals surface area contributed by atoms with Crippen LogP contribution in [0.2, 0.25) is 0 Å². The van der Waals surface area contributed by atoms with E-state index in [0.717, 1.165) is 60.1 Å². The number of aromatic nitrogens is 3. The van der Waals surface area contributed by atoms with Gasteiger partial charge in [-0.2, -0.15) is 0 Å². The largest absolute Gasteiger partial charge is 0.382 e. The van der Waals surface area contributed by atoms with E-state index in [0.29, 0.717) is 5.82 Å². The molecule has 27 heavy (non-hydrogen) atoms. The molecule has 0 saturated heterocycles. The number of anilines is 1. The molecule has 0 aliphatic rings. The van der Waals surface area contributed by atoms with Gasteiger partial charge in [0.2, 0.25) is 0 Å². The zero-order chi connectivity index (χ0) is 19.1. The number of rotatable bonds is 11. The molecule has 3 N–H and O–H groups in total. The van der Waals surface area contributed by atoms with Gasteiger partial charge in [-0.15, -0.1) is 0 Å². The third-order valence-corrected chi connectivity index (χ3v) is 5.49. The van der Waals surface area contributed by atoms with Crippen molar-refractivity contribution in [2.24, 2.45) is 0 Å². The quantitative estimate of drug-likeness (QED) is 0.361. The maximum atomic E-state index is 6.28. The van der Waals surface area contributed by atoms with Crippen molar-refractivity contribution in [1.82, 2.24) is 19.3 Å². The van der Waals surface area contributed by atoms with Crippen molar-refractivity contribution in [2.45, 2.75) is 58.4 Å². The van der Waals surface area contributed by atoms with E-state index in [-0.39, 0.29) is 0 Å². The van der Waals surface area contributed by atoms with Crippen molar-refractivity contribution in [3.63, 3.8) is 0 Å². The summed E-state index contributed by atoms with van der Waals surface area (Å²) in [6.07, 6.45) is 10.3. The molecule has 2 aromatic heterocycles. The highest BCUT2D eigenvalue weighted by Gasteiger charge is 2.16. The molecule has 0 atom stereocenters. The van der Waals surface area contributed by atoms with Gasteiger partial charge in [-0.05, 0) is 31.6 Å². The number of nitrogens with zero attached hydrogens (tertiary/aromatic N) is 3. The fourth-order valence-corrected chi connectivity index (χ4v) is 3.96. The maximum absolute atomic E-state index is 6.28. The van der Waals surface area contributed by atoms with Crippen LogP contribution in [0.5, 0.6) is 0 Å². The second-order valence-corrected chi connectivity index (χ2v) is 7.70. The first-order chi connectivity index (χ1) is 13.3. The van der Waals surface area contributed by atoms with E-state index < -0.39 is 0 Å². The average Bonchev–Trinajstić information content (AvgIpc) is 3.05. The second kappa shape index (κ2) is 9.95. The van der Waals surface area contributed by atoms with Gasteiger partial charge in [-0.25, -0.2) is 9.97 Å². The van der Waals surface area contributed by atoms with Crippen LogP contribution < -0.4 is 10.5 Å². The summed E-state index contributed by atoms with van der Waals surface area (Å²) >= 11 is 1.68. The Labute approximate surface area is 166 Å². The number of hydrogen-bond donors (Lipinski definition) is 2. The van der Waals surface area contributed by atoms with E-state index in [4.69, 9.17) is 10.7 Å². The standard InChI is InChI=1S/C21H31N5S/c1-3-4-5-6-13-18-25-19-20(26(18)15-10-9-14-23-27-2)16-11-7-8-12-17(16)24-21(19)22/h7-8,11-12,23H,3-6,9-10,13-15H2,1-2H3,(H2,22,24). The van der Waals surface area contributed by atoms with Crippen LogP contribution in [0.1, 0.15) is 51.3 Å². The number of fused-ring (bicyclic) bond motifs is 3. The molecule has 0 spiro atoms. The zero-order valence-electron chi connectivity index (χ0n) is 16.5. The van der Waals surface area contributed by atoms with Crippen LogP contribution in [-0.4, -0.2) is 27.3 Å². The molecular formula is C21H31N5S. The minimum absolute atomic E-state index is 0.543. The van der Waals surface area contributed by atoms with Crippen molar-refractivity contribution < 1.29 is 0 Å². The van der Waals surface area contributed by atoms with Gasteiger partial charge in [0.05, 0.1) is 11.0 Å². The number of nitrogens with two attached hydrogens (primary N) is 1. The number of aryl methyl sites for hydroxylation is 2. The Balaban J connectivity index is 1.94. The van der Waals surface area contributed by atoms with E-state index in [9.17, 15) is 0 Å². The predicted octanol–water partition coefficient (Wildman–Crippen LogP) is 4.94. The summed E-state index contributed by atoms with van der Waals surface area (Å²) in [6, 6.07) is 8.26. The molecule has 0 unspecified atom stereocenters. The lowest BCUT2D eigenvalue weighted by Crippen LogP contribution is -2.09. The van der Waals surface area contributed by atoms with Crippen LogP contribution in [0.15, 0.2) is 24.3 Å². The number of nitrogen functional groups attached to an aromatic ring is 1. The topological polar surface area (TPSA) is 68.8 Å². The first-order valence-electron chi connectivity index (χ1n) is 10.1. The van der Waals surface area contributed by atoms with Gasteiger partial charge in [-0.1, -0.05) is 56.3 Å². The number of pyridine rings is 1. The Kier molecular flexibility index (Phi) is 7.35. The molecule has 3 aromatic rings. The highest BCUT2D eigenvalue weighted by atomic mass is 32.2. The van der Waals surface area contributed by atoms with Gasteiger partial charge in [0.1, 0.15) is 11.3 Å². The third-order valence-electron chi connectivity index (χ3n) is 5.00. The molecule has 0 saturated carbocycles. The number of benzene rings is 1. The van der Waals surface area contributed by atoms with Crippen molar-refractivity contribution in [2.75, 3.05) is 18.5 Å². The highest BCUT2D eigenvalue weighted by molar-refractivity contribution is 7.96. The minimum atomic E-state index is 0.543. The van der Waals surface area contributed by atoms with Crippen molar-refractivity contribution in [1.29, 1.82) is 0 Å². The molecule has 2 heterocycles. The Bertz CT molecular complexity index is 874. The SMILES string of the molecule is CCCCCCc1nc2c(N)nc3ccccc3c2n1CCCCNSC. The molecule has 0 bridgehead atoms. The van der Waals surface area contributed by atoms with E-state index >= 15 is 0 Å². The molecule has 0 fully saturated rings. The van der Waals surface area contributed by atoms with Gasteiger partial charge in [-0.3, -0.25) is 4.72 Å². The average molecular weight is 386 g/mol. The molecule has 146 valence electrons. The molecule has 6 heteroatoms. The summed E-state index contributed by atoms with van der Waals surface area (Å²) in [5, 5.41) is 1.15. The molecule has 5 nitrogen and oxygen atoms in total. The third kappa shape index (κ3) is 4.74. The van der Waals surface area contributed by atoms with Crippen LogP contribution in [-0.2, 0) is 13.0 Å². The minimum Gasteiger partial charge on any atom is -0.382 e. The number of hydrogen-bond acceptors (Lipinski definition) is 5. The molecule has 0 aliphatic heterocycles. The zero-order valence-corrected chi connectivity index (χ0v) is 17.3. The Morgan fingerprint density at radius 2 is 1.93 bits per heavy atom. The number of unbranched alkanes of at least 4 members (excludes halogenated alkanes) is 4. The number of nitrogens with one attached hydrogen (secondary N) is 1. The summed E-state index contributed by atoms with van der Waals surface area (Å²) < 4.78 is 5.73. The summed E-state index contributed by atoms with van der Waals surface area (Å²) in [7, 11) is 0. The second-order valence-electron chi connectivity index (χ2n) is 7.01. The lowest BCUT2D eigenvalue weighted by Gasteiger charge is -2.11. The van der Waals surface area contributed by atoms with Crippen LogP contribution in [0, 0.1) is 0 Å².